The maximum absolute atomic E-state index is 9.89. The molecule has 0 saturated heterocycles. The van der Waals surface area contributed by atoms with E-state index in [1.54, 1.807) is 18.4 Å². The third kappa shape index (κ3) is 3.40. The minimum atomic E-state index is -0.376. The molecule has 0 aliphatic rings. The molecule has 0 aromatic carbocycles. The first-order valence-electron chi connectivity index (χ1n) is 5.01. The van der Waals surface area contributed by atoms with E-state index in [0.29, 0.717) is 6.42 Å². The molecule has 0 fully saturated rings. The standard InChI is InChI=1S/C11H18O2S/c1-3-5-11(13-2)10(12)8-9-6-4-7-14-9/h4,6-7,10-12H,3,5,8H2,1-2H3. The minimum absolute atomic E-state index is 0.0258. The van der Waals surface area contributed by atoms with Gasteiger partial charge in [0.05, 0.1) is 12.2 Å². The molecule has 0 amide bonds. The molecular weight excluding hydrogens is 196 g/mol. The van der Waals surface area contributed by atoms with Crippen LogP contribution in [0.2, 0.25) is 0 Å². The Labute approximate surface area is 89.5 Å². The molecule has 2 atom stereocenters. The van der Waals surface area contributed by atoms with Gasteiger partial charge in [-0.15, -0.1) is 11.3 Å². The molecule has 1 N–H and O–H groups in total. The second kappa shape index (κ2) is 6.17. The van der Waals surface area contributed by atoms with Crippen molar-refractivity contribution in [1.29, 1.82) is 0 Å². The molecule has 80 valence electrons. The van der Waals surface area contributed by atoms with Crippen molar-refractivity contribution in [3.8, 4) is 0 Å². The maximum atomic E-state index is 9.89. The second-order valence-corrected chi connectivity index (χ2v) is 4.45. The van der Waals surface area contributed by atoms with Gasteiger partial charge in [0.2, 0.25) is 0 Å². The third-order valence-electron chi connectivity index (χ3n) is 2.30. The van der Waals surface area contributed by atoms with Gasteiger partial charge in [-0.2, -0.15) is 0 Å². The molecule has 1 aromatic rings. The Balaban J connectivity index is 2.43. The van der Waals surface area contributed by atoms with Crippen LogP contribution in [-0.4, -0.2) is 24.4 Å². The van der Waals surface area contributed by atoms with Crippen LogP contribution in [0.15, 0.2) is 17.5 Å². The predicted molar refractivity (Wildman–Crippen MR) is 59.7 cm³/mol. The fourth-order valence-electron chi connectivity index (χ4n) is 1.52. The van der Waals surface area contributed by atoms with Crippen LogP contribution >= 0.6 is 11.3 Å². The van der Waals surface area contributed by atoms with Crippen LogP contribution in [0.5, 0.6) is 0 Å². The molecule has 3 heteroatoms. The number of ether oxygens (including phenoxy) is 1. The number of hydrogen-bond donors (Lipinski definition) is 1. The third-order valence-corrected chi connectivity index (χ3v) is 3.19. The van der Waals surface area contributed by atoms with Gasteiger partial charge in [0, 0.05) is 18.4 Å². The van der Waals surface area contributed by atoms with Crippen LogP contribution in [-0.2, 0) is 11.2 Å². The first-order chi connectivity index (χ1) is 6.77. The van der Waals surface area contributed by atoms with Gasteiger partial charge in [-0.25, -0.2) is 0 Å². The van der Waals surface area contributed by atoms with Crippen LogP contribution in [0.1, 0.15) is 24.6 Å². The quantitative estimate of drug-likeness (QED) is 0.788. The molecule has 0 radical (unpaired) electrons. The Morgan fingerprint density at radius 2 is 2.36 bits per heavy atom. The lowest BCUT2D eigenvalue weighted by Gasteiger charge is -2.20. The normalized spacial score (nSPS) is 15.4. The fraction of sp³-hybridized carbons (Fsp3) is 0.636. The Hall–Kier alpha value is -0.380. The number of methoxy groups -OCH3 is 1. The van der Waals surface area contributed by atoms with Crippen LogP contribution in [0.25, 0.3) is 0 Å². The van der Waals surface area contributed by atoms with Gasteiger partial charge in [-0.3, -0.25) is 0 Å². The molecule has 1 aromatic heterocycles. The first-order valence-corrected chi connectivity index (χ1v) is 5.89. The summed E-state index contributed by atoms with van der Waals surface area (Å²) >= 11 is 1.68. The van der Waals surface area contributed by atoms with E-state index in [-0.39, 0.29) is 12.2 Å². The first kappa shape index (κ1) is 11.7. The summed E-state index contributed by atoms with van der Waals surface area (Å²) in [6.07, 6.45) is 2.26. The highest BCUT2D eigenvalue weighted by Gasteiger charge is 2.18. The van der Waals surface area contributed by atoms with E-state index in [4.69, 9.17) is 4.74 Å². The Kier molecular flexibility index (Phi) is 5.15. The van der Waals surface area contributed by atoms with Crippen LogP contribution in [0.3, 0.4) is 0 Å². The summed E-state index contributed by atoms with van der Waals surface area (Å²) in [6.45, 7) is 2.10. The van der Waals surface area contributed by atoms with E-state index in [2.05, 4.69) is 6.92 Å². The highest BCUT2D eigenvalue weighted by atomic mass is 32.1. The summed E-state index contributed by atoms with van der Waals surface area (Å²) in [4.78, 5) is 1.22. The molecule has 0 bridgehead atoms. The molecule has 0 aliphatic heterocycles. The number of aliphatic hydroxyl groups is 1. The van der Waals surface area contributed by atoms with Crippen molar-refractivity contribution in [2.75, 3.05) is 7.11 Å². The van der Waals surface area contributed by atoms with E-state index >= 15 is 0 Å². The lowest BCUT2D eigenvalue weighted by atomic mass is 10.1. The predicted octanol–water partition coefficient (Wildman–Crippen LogP) is 2.47. The van der Waals surface area contributed by atoms with Crippen molar-refractivity contribution in [3.05, 3.63) is 22.4 Å². The van der Waals surface area contributed by atoms with Gasteiger partial charge in [-0.05, 0) is 17.9 Å². The van der Waals surface area contributed by atoms with Crippen LogP contribution < -0.4 is 0 Å². The van der Waals surface area contributed by atoms with Crippen LogP contribution in [0, 0.1) is 0 Å². The number of thiophene rings is 1. The lowest BCUT2D eigenvalue weighted by molar-refractivity contribution is -0.0155. The zero-order valence-electron chi connectivity index (χ0n) is 8.77. The van der Waals surface area contributed by atoms with E-state index in [9.17, 15) is 5.11 Å². The van der Waals surface area contributed by atoms with E-state index in [0.717, 1.165) is 12.8 Å². The molecule has 0 aliphatic carbocycles. The van der Waals surface area contributed by atoms with Gasteiger partial charge in [0.1, 0.15) is 0 Å². The van der Waals surface area contributed by atoms with E-state index < -0.39 is 0 Å². The summed E-state index contributed by atoms with van der Waals surface area (Å²) in [5, 5.41) is 11.9. The molecular formula is C11H18O2S. The van der Waals surface area contributed by atoms with Crippen molar-refractivity contribution in [1.82, 2.24) is 0 Å². The van der Waals surface area contributed by atoms with Crippen molar-refractivity contribution in [2.24, 2.45) is 0 Å². The molecule has 0 saturated carbocycles. The van der Waals surface area contributed by atoms with E-state index in [1.807, 2.05) is 17.5 Å². The molecule has 1 heterocycles. The van der Waals surface area contributed by atoms with Gasteiger partial charge in [-0.1, -0.05) is 19.4 Å². The topological polar surface area (TPSA) is 29.5 Å². The largest absolute Gasteiger partial charge is 0.390 e. The Morgan fingerprint density at radius 3 is 2.86 bits per heavy atom. The Morgan fingerprint density at radius 1 is 1.57 bits per heavy atom. The van der Waals surface area contributed by atoms with E-state index in [1.165, 1.54) is 4.88 Å². The average Bonchev–Trinajstić information content (AvgIpc) is 2.66. The SMILES string of the molecule is CCCC(OC)C(O)Cc1cccs1. The Bertz CT molecular complexity index is 233. The summed E-state index contributed by atoms with van der Waals surface area (Å²) in [5.74, 6) is 0. The lowest BCUT2D eigenvalue weighted by Crippen LogP contribution is -2.29. The summed E-state index contributed by atoms with van der Waals surface area (Å²) in [5.41, 5.74) is 0. The molecule has 1 rings (SSSR count). The number of hydrogen-bond acceptors (Lipinski definition) is 3. The highest BCUT2D eigenvalue weighted by Crippen LogP contribution is 2.15. The van der Waals surface area contributed by atoms with Crippen molar-refractivity contribution in [2.45, 2.75) is 38.4 Å². The highest BCUT2D eigenvalue weighted by molar-refractivity contribution is 7.09. The fourth-order valence-corrected chi connectivity index (χ4v) is 2.27. The zero-order valence-corrected chi connectivity index (χ0v) is 9.59. The maximum Gasteiger partial charge on any atom is 0.0849 e. The average molecular weight is 214 g/mol. The molecule has 14 heavy (non-hydrogen) atoms. The molecule has 2 nitrogen and oxygen atoms in total. The number of aliphatic hydroxyl groups excluding tert-OH is 1. The van der Waals surface area contributed by atoms with Crippen molar-refractivity contribution >= 4 is 11.3 Å². The molecule has 2 unspecified atom stereocenters. The monoisotopic (exact) mass is 214 g/mol. The smallest absolute Gasteiger partial charge is 0.0849 e. The summed E-state index contributed by atoms with van der Waals surface area (Å²) in [7, 11) is 1.66. The molecule has 0 spiro atoms. The van der Waals surface area contributed by atoms with Crippen molar-refractivity contribution in [3.63, 3.8) is 0 Å². The zero-order chi connectivity index (χ0) is 10.4. The van der Waals surface area contributed by atoms with Gasteiger partial charge >= 0.3 is 0 Å². The van der Waals surface area contributed by atoms with Crippen molar-refractivity contribution < 1.29 is 9.84 Å². The number of rotatable bonds is 6. The summed E-state index contributed by atoms with van der Waals surface area (Å²) < 4.78 is 5.26. The van der Waals surface area contributed by atoms with Gasteiger partial charge in [0.25, 0.3) is 0 Å². The van der Waals surface area contributed by atoms with Gasteiger partial charge in [0.15, 0.2) is 0 Å². The van der Waals surface area contributed by atoms with Crippen LogP contribution in [0.4, 0.5) is 0 Å². The van der Waals surface area contributed by atoms with Gasteiger partial charge < -0.3 is 9.84 Å². The second-order valence-electron chi connectivity index (χ2n) is 3.41. The summed E-state index contributed by atoms with van der Waals surface area (Å²) in [6, 6.07) is 4.06. The minimum Gasteiger partial charge on any atom is -0.390 e.